The Morgan fingerprint density at radius 1 is 0.345 bits per heavy atom. The van der Waals surface area contributed by atoms with Crippen molar-refractivity contribution in [2.24, 2.45) is 0 Å². The van der Waals surface area contributed by atoms with Crippen LogP contribution in [0.2, 0.25) is 0 Å². The first-order chi connectivity index (χ1) is 14.3. The normalized spacial score (nSPS) is 9.66. The molecule has 0 aliphatic heterocycles. The molecule has 0 heteroatoms. The SMILES string of the molecule is C(#Cc1ccc(C#Cc2ccc(Cc3ccccc3)cc2)cc1)c1ccccc1. The highest BCUT2D eigenvalue weighted by molar-refractivity contribution is 5.48. The van der Waals surface area contributed by atoms with E-state index in [1.54, 1.807) is 0 Å². The van der Waals surface area contributed by atoms with Gasteiger partial charge in [-0.2, -0.15) is 0 Å². The van der Waals surface area contributed by atoms with E-state index < -0.39 is 0 Å². The Morgan fingerprint density at radius 2 is 0.690 bits per heavy atom. The Bertz CT molecular complexity index is 1180. The van der Waals surface area contributed by atoms with Crippen LogP contribution in [0.1, 0.15) is 33.4 Å². The fourth-order valence-electron chi connectivity index (χ4n) is 2.98. The van der Waals surface area contributed by atoms with Crippen LogP contribution in [0.15, 0.2) is 109 Å². The Hall–Kier alpha value is -4.00. The zero-order valence-electron chi connectivity index (χ0n) is 16.1. The maximum atomic E-state index is 3.24. The largest absolute Gasteiger partial charge is 0.0622 e. The Balaban J connectivity index is 1.40. The molecule has 136 valence electrons. The molecule has 0 saturated heterocycles. The lowest BCUT2D eigenvalue weighted by Crippen LogP contribution is -1.87. The summed E-state index contributed by atoms with van der Waals surface area (Å²) in [7, 11) is 0. The second-order valence-corrected chi connectivity index (χ2v) is 6.80. The minimum Gasteiger partial charge on any atom is -0.0622 e. The van der Waals surface area contributed by atoms with Crippen molar-refractivity contribution in [3.63, 3.8) is 0 Å². The van der Waals surface area contributed by atoms with E-state index in [0.29, 0.717) is 0 Å². The van der Waals surface area contributed by atoms with Crippen molar-refractivity contribution in [1.82, 2.24) is 0 Å². The lowest BCUT2D eigenvalue weighted by atomic mass is 10.0. The average Bonchev–Trinajstić information content (AvgIpc) is 2.79. The molecule has 0 aromatic heterocycles. The average molecular weight is 368 g/mol. The van der Waals surface area contributed by atoms with Crippen LogP contribution in [0.25, 0.3) is 0 Å². The first kappa shape index (κ1) is 18.4. The zero-order chi connectivity index (χ0) is 19.7. The summed E-state index contributed by atoms with van der Waals surface area (Å²) in [6, 6.07) is 37.1. The molecule has 0 N–H and O–H groups in total. The van der Waals surface area contributed by atoms with E-state index in [-0.39, 0.29) is 0 Å². The monoisotopic (exact) mass is 368 g/mol. The van der Waals surface area contributed by atoms with Gasteiger partial charge in [0, 0.05) is 22.3 Å². The molecule has 0 fully saturated rings. The van der Waals surface area contributed by atoms with Gasteiger partial charge in [-0.25, -0.2) is 0 Å². The van der Waals surface area contributed by atoms with Crippen LogP contribution in [-0.2, 0) is 6.42 Å². The van der Waals surface area contributed by atoms with Crippen LogP contribution in [0, 0.1) is 23.7 Å². The number of benzene rings is 4. The van der Waals surface area contributed by atoms with Gasteiger partial charge < -0.3 is 0 Å². The topological polar surface area (TPSA) is 0 Å². The minimum atomic E-state index is 0.944. The third kappa shape index (κ3) is 5.49. The molecule has 0 amide bonds. The maximum Gasteiger partial charge on any atom is 0.0249 e. The second-order valence-electron chi connectivity index (χ2n) is 6.80. The quantitative estimate of drug-likeness (QED) is 0.376. The van der Waals surface area contributed by atoms with Crippen LogP contribution in [0.4, 0.5) is 0 Å². The summed E-state index contributed by atoms with van der Waals surface area (Å²) in [6.07, 6.45) is 0.944. The van der Waals surface area contributed by atoms with Crippen LogP contribution < -0.4 is 0 Å². The molecule has 0 nitrogen and oxygen atoms in total. The Labute approximate surface area is 172 Å². The highest BCUT2D eigenvalue weighted by Crippen LogP contribution is 2.10. The molecule has 0 unspecified atom stereocenters. The van der Waals surface area contributed by atoms with Crippen molar-refractivity contribution < 1.29 is 0 Å². The number of rotatable bonds is 2. The molecule has 0 aliphatic carbocycles. The molecule has 0 bridgehead atoms. The summed E-state index contributed by atoms with van der Waals surface area (Å²) >= 11 is 0. The van der Waals surface area contributed by atoms with E-state index >= 15 is 0 Å². The van der Waals surface area contributed by atoms with E-state index in [2.05, 4.69) is 72.2 Å². The van der Waals surface area contributed by atoms with Gasteiger partial charge in [0.1, 0.15) is 0 Å². The molecule has 0 heterocycles. The number of hydrogen-bond donors (Lipinski definition) is 0. The molecule has 0 spiro atoms. The molecule has 29 heavy (non-hydrogen) atoms. The van der Waals surface area contributed by atoms with Crippen molar-refractivity contribution in [2.75, 3.05) is 0 Å². The highest BCUT2D eigenvalue weighted by Gasteiger charge is 1.96. The zero-order valence-corrected chi connectivity index (χ0v) is 16.1. The van der Waals surface area contributed by atoms with Crippen molar-refractivity contribution in [3.8, 4) is 23.7 Å². The van der Waals surface area contributed by atoms with Gasteiger partial charge in [0.25, 0.3) is 0 Å². The molecule has 0 atom stereocenters. The van der Waals surface area contributed by atoms with Crippen LogP contribution in [-0.4, -0.2) is 0 Å². The van der Waals surface area contributed by atoms with E-state index in [1.165, 1.54) is 11.1 Å². The summed E-state index contributed by atoms with van der Waals surface area (Å²) in [5, 5.41) is 0. The molecule has 4 aromatic rings. The second kappa shape index (κ2) is 9.27. The van der Waals surface area contributed by atoms with Crippen LogP contribution in [0.5, 0.6) is 0 Å². The molecule has 0 radical (unpaired) electrons. The van der Waals surface area contributed by atoms with Crippen molar-refractivity contribution in [3.05, 3.63) is 143 Å². The van der Waals surface area contributed by atoms with E-state index in [4.69, 9.17) is 0 Å². The van der Waals surface area contributed by atoms with Crippen LogP contribution in [0.3, 0.4) is 0 Å². The summed E-state index contributed by atoms with van der Waals surface area (Å²) in [5.74, 6) is 12.8. The van der Waals surface area contributed by atoms with Gasteiger partial charge in [0.2, 0.25) is 0 Å². The molecule has 4 aromatic carbocycles. The first-order valence-corrected chi connectivity index (χ1v) is 9.67. The first-order valence-electron chi connectivity index (χ1n) is 9.67. The van der Waals surface area contributed by atoms with Crippen molar-refractivity contribution in [1.29, 1.82) is 0 Å². The molecule has 4 rings (SSSR count). The predicted molar refractivity (Wildman–Crippen MR) is 121 cm³/mol. The van der Waals surface area contributed by atoms with Gasteiger partial charge in [-0.15, -0.1) is 0 Å². The van der Waals surface area contributed by atoms with Gasteiger partial charge >= 0.3 is 0 Å². The molecule has 0 aliphatic rings. The summed E-state index contributed by atoms with van der Waals surface area (Å²) in [4.78, 5) is 0. The van der Waals surface area contributed by atoms with Crippen molar-refractivity contribution in [2.45, 2.75) is 6.42 Å². The van der Waals surface area contributed by atoms with Crippen molar-refractivity contribution >= 4 is 0 Å². The fraction of sp³-hybridized carbons (Fsp3) is 0.0345. The van der Waals surface area contributed by atoms with E-state index in [0.717, 1.165) is 28.7 Å². The highest BCUT2D eigenvalue weighted by atomic mass is 14.0. The summed E-state index contributed by atoms with van der Waals surface area (Å²) in [5.41, 5.74) is 6.64. The molecular weight excluding hydrogens is 348 g/mol. The van der Waals surface area contributed by atoms with E-state index in [1.807, 2.05) is 60.7 Å². The lowest BCUT2D eigenvalue weighted by Gasteiger charge is -2.01. The summed E-state index contributed by atoms with van der Waals surface area (Å²) < 4.78 is 0. The Morgan fingerprint density at radius 3 is 1.17 bits per heavy atom. The Kier molecular flexibility index (Phi) is 5.87. The standard InChI is InChI=1S/C29H20/c1-3-7-24(8-4-1)11-12-25-13-15-26(16-14-25)17-18-27-19-21-29(22-20-27)23-28-9-5-2-6-10-28/h1-10,13-16,19-22H,23H2. The molecule has 0 saturated carbocycles. The van der Waals surface area contributed by atoms with Gasteiger partial charge in [0.15, 0.2) is 0 Å². The van der Waals surface area contributed by atoms with Gasteiger partial charge in [-0.1, -0.05) is 84.3 Å². The van der Waals surface area contributed by atoms with Gasteiger partial charge in [-0.05, 0) is 66.1 Å². The van der Waals surface area contributed by atoms with Crippen LogP contribution >= 0.6 is 0 Å². The van der Waals surface area contributed by atoms with E-state index in [9.17, 15) is 0 Å². The molecular formula is C29H20. The third-order valence-electron chi connectivity index (χ3n) is 4.57. The maximum absolute atomic E-state index is 3.24. The predicted octanol–water partition coefficient (Wildman–Crippen LogP) is 6.08. The summed E-state index contributed by atoms with van der Waals surface area (Å²) in [6.45, 7) is 0. The number of hydrogen-bond acceptors (Lipinski definition) is 0. The smallest absolute Gasteiger partial charge is 0.0249 e. The third-order valence-corrected chi connectivity index (χ3v) is 4.57. The minimum absolute atomic E-state index is 0.944. The van der Waals surface area contributed by atoms with Gasteiger partial charge in [-0.3, -0.25) is 0 Å². The fourth-order valence-corrected chi connectivity index (χ4v) is 2.98. The lowest BCUT2D eigenvalue weighted by molar-refractivity contribution is 1.19. The van der Waals surface area contributed by atoms with Gasteiger partial charge in [0.05, 0.1) is 0 Å².